The Bertz CT molecular complexity index is 449. The number of sulfonamides is 1. The Balaban J connectivity index is 2.74. The number of carboxylic acids is 1. The van der Waals surface area contributed by atoms with Gasteiger partial charge in [0.15, 0.2) is 0 Å². The molecule has 0 aromatic heterocycles. The molecule has 0 aromatic carbocycles. The minimum Gasteiger partial charge on any atom is -0.480 e. The highest BCUT2D eigenvalue weighted by Crippen LogP contribution is 2.20. The van der Waals surface area contributed by atoms with Crippen molar-refractivity contribution in [1.29, 1.82) is 0 Å². The van der Waals surface area contributed by atoms with Crippen LogP contribution in [0, 0.1) is 0 Å². The Morgan fingerprint density at radius 3 is 2.58 bits per heavy atom. The van der Waals surface area contributed by atoms with E-state index < -0.39 is 34.0 Å². The lowest BCUT2D eigenvalue weighted by molar-refractivity contribution is -0.142. The van der Waals surface area contributed by atoms with Gasteiger partial charge < -0.3 is 15.5 Å². The Kier molecular flexibility index (Phi) is 5.27. The van der Waals surface area contributed by atoms with E-state index in [1.807, 2.05) is 0 Å². The third-order valence-corrected chi connectivity index (χ3v) is 4.25. The molecule has 1 unspecified atom stereocenters. The molecule has 0 spiro atoms. The van der Waals surface area contributed by atoms with E-state index in [-0.39, 0.29) is 19.6 Å². The van der Waals surface area contributed by atoms with E-state index in [1.165, 1.54) is 0 Å². The maximum Gasteiger partial charge on any atom is 0.326 e. The van der Waals surface area contributed by atoms with E-state index in [4.69, 9.17) is 10.2 Å². The smallest absolute Gasteiger partial charge is 0.326 e. The van der Waals surface area contributed by atoms with Crippen molar-refractivity contribution in [3.8, 4) is 0 Å². The molecule has 19 heavy (non-hydrogen) atoms. The molecule has 9 heteroatoms. The lowest BCUT2D eigenvalue weighted by Gasteiger charge is -2.23. The molecule has 1 aliphatic rings. The van der Waals surface area contributed by atoms with Crippen molar-refractivity contribution >= 4 is 21.9 Å². The number of carbonyl (C=O) groups is 2. The van der Waals surface area contributed by atoms with Crippen LogP contribution in [0.4, 0.5) is 0 Å². The molecule has 1 fully saturated rings. The summed E-state index contributed by atoms with van der Waals surface area (Å²) in [6.45, 7) is -0.119. The van der Waals surface area contributed by atoms with Crippen LogP contribution in [0.25, 0.3) is 0 Å². The number of carbonyl (C=O) groups excluding carboxylic acids is 1. The molecule has 1 aliphatic heterocycles. The van der Waals surface area contributed by atoms with E-state index in [2.05, 4.69) is 5.32 Å². The Hall–Kier alpha value is -1.19. The fourth-order valence-electron chi connectivity index (χ4n) is 2.05. The van der Waals surface area contributed by atoms with Gasteiger partial charge in [-0.25, -0.2) is 13.2 Å². The SMILES string of the molecule is CS(=O)(=O)N1CCCC1C(=O)N[C@@H](CCO)C(=O)O. The van der Waals surface area contributed by atoms with Gasteiger partial charge in [0.2, 0.25) is 15.9 Å². The average Bonchev–Trinajstić information content (AvgIpc) is 2.76. The highest BCUT2D eigenvalue weighted by molar-refractivity contribution is 7.88. The summed E-state index contributed by atoms with van der Waals surface area (Å²) in [5.74, 6) is -1.89. The number of nitrogens with one attached hydrogen (secondary N) is 1. The van der Waals surface area contributed by atoms with Gasteiger partial charge in [-0.2, -0.15) is 4.31 Å². The Morgan fingerprint density at radius 2 is 2.11 bits per heavy atom. The van der Waals surface area contributed by atoms with Crippen molar-refractivity contribution in [3.63, 3.8) is 0 Å². The quantitative estimate of drug-likeness (QED) is 0.540. The van der Waals surface area contributed by atoms with E-state index in [9.17, 15) is 18.0 Å². The van der Waals surface area contributed by atoms with Crippen molar-refractivity contribution in [2.24, 2.45) is 0 Å². The lowest BCUT2D eigenvalue weighted by Crippen LogP contribution is -2.50. The zero-order chi connectivity index (χ0) is 14.6. The molecule has 1 heterocycles. The highest BCUT2D eigenvalue weighted by atomic mass is 32.2. The first-order chi connectivity index (χ1) is 8.77. The summed E-state index contributed by atoms with van der Waals surface area (Å²) in [4.78, 5) is 22.8. The minimum absolute atomic E-state index is 0.118. The number of aliphatic hydroxyl groups excluding tert-OH is 1. The molecular formula is C10H18N2O6S. The van der Waals surface area contributed by atoms with Crippen molar-refractivity contribution in [3.05, 3.63) is 0 Å². The second kappa shape index (κ2) is 6.31. The monoisotopic (exact) mass is 294 g/mol. The summed E-state index contributed by atoms with van der Waals surface area (Å²) in [6, 6.07) is -2.07. The number of aliphatic carboxylic acids is 1. The predicted octanol–water partition coefficient (Wildman–Crippen LogP) is -1.64. The molecule has 0 saturated carbocycles. The van der Waals surface area contributed by atoms with Crippen LogP contribution in [0.3, 0.4) is 0 Å². The highest BCUT2D eigenvalue weighted by Gasteiger charge is 2.37. The second-order valence-electron chi connectivity index (χ2n) is 4.44. The van der Waals surface area contributed by atoms with Gasteiger partial charge in [0.25, 0.3) is 0 Å². The molecule has 2 atom stereocenters. The molecule has 1 saturated heterocycles. The number of amides is 1. The topological polar surface area (TPSA) is 124 Å². The zero-order valence-corrected chi connectivity index (χ0v) is 11.4. The maximum absolute atomic E-state index is 11.9. The molecule has 0 aliphatic carbocycles. The van der Waals surface area contributed by atoms with Crippen molar-refractivity contribution in [1.82, 2.24) is 9.62 Å². The number of hydrogen-bond donors (Lipinski definition) is 3. The van der Waals surface area contributed by atoms with Crippen LogP contribution >= 0.6 is 0 Å². The number of nitrogens with zero attached hydrogens (tertiary/aromatic N) is 1. The van der Waals surface area contributed by atoms with Crippen LogP contribution in [0.5, 0.6) is 0 Å². The van der Waals surface area contributed by atoms with E-state index in [1.54, 1.807) is 0 Å². The summed E-state index contributed by atoms with van der Waals surface area (Å²) < 4.78 is 24.0. The van der Waals surface area contributed by atoms with Crippen LogP contribution in [0.1, 0.15) is 19.3 Å². The molecule has 1 rings (SSSR count). The lowest BCUT2D eigenvalue weighted by atomic mass is 10.1. The fourth-order valence-corrected chi connectivity index (χ4v) is 3.18. The van der Waals surface area contributed by atoms with Crippen molar-refractivity contribution in [2.75, 3.05) is 19.4 Å². The second-order valence-corrected chi connectivity index (χ2v) is 6.38. The van der Waals surface area contributed by atoms with Crippen LogP contribution < -0.4 is 5.32 Å². The molecule has 110 valence electrons. The molecule has 0 bridgehead atoms. The summed E-state index contributed by atoms with van der Waals surface area (Å²) >= 11 is 0. The van der Waals surface area contributed by atoms with Gasteiger partial charge in [0.1, 0.15) is 12.1 Å². The van der Waals surface area contributed by atoms with Gasteiger partial charge >= 0.3 is 5.97 Å². The van der Waals surface area contributed by atoms with Gasteiger partial charge in [-0.3, -0.25) is 4.79 Å². The minimum atomic E-state index is -3.49. The summed E-state index contributed by atoms with van der Waals surface area (Å²) in [5.41, 5.74) is 0. The van der Waals surface area contributed by atoms with E-state index in [0.717, 1.165) is 10.6 Å². The van der Waals surface area contributed by atoms with Gasteiger partial charge in [0.05, 0.1) is 6.26 Å². The van der Waals surface area contributed by atoms with Gasteiger partial charge in [-0.1, -0.05) is 0 Å². The number of hydrogen-bond acceptors (Lipinski definition) is 5. The molecular weight excluding hydrogens is 276 g/mol. The molecule has 8 nitrogen and oxygen atoms in total. The third kappa shape index (κ3) is 4.15. The predicted molar refractivity (Wildman–Crippen MR) is 65.8 cm³/mol. The molecule has 0 aromatic rings. The first-order valence-electron chi connectivity index (χ1n) is 5.88. The fraction of sp³-hybridized carbons (Fsp3) is 0.800. The first-order valence-corrected chi connectivity index (χ1v) is 7.73. The van der Waals surface area contributed by atoms with Crippen molar-refractivity contribution in [2.45, 2.75) is 31.3 Å². The van der Waals surface area contributed by atoms with E-state index in [0.29, 0.717) is 12.8 Å². The van der Waals surface area contributed by atoms with Crippen LogP contribution in [-0.2, 0) is 19.6 Å². The van der Waals surface area contributed by atoms with Gasteiger partial charge in [0, 0.05) is 19.6 Å². The Labute approximate surface area is 111 Å². The molecule has 0 radical (unpaired) electrons. The average molecular weight is 294 g/mol. The third-order valence-electron chi connectivity index (χ3n) is 2.96. The summed E-state index contributed by atoms with van der Waals surface area (Å²) in [7, 11) is -3.49. The molecule has 1 amide bonds. The van der Waals surface area contributed by atoms with Gasteiger partial charge in [-0.05, 0) is 12.8 Å². The Morgan fingerprint density at radius 1 is 1.47 bits per heavy atom. The first kappa shape index (κ1) is 15.9. The summed E-state index contributed by atoms with van der Waals surface area (Å²) in [5, 5.41) is 19.8. The normalized spacial score (nSPS) is 22.1. The van der Waals surface area contributed by atoms with Crippen molar-refractivity contribution < 1.29 is 28.2 Å². The van der Waals surface area contributed by atoms with E-state index >= 15 is 0 Å². The number of rotatable bonds is 6. The summed E-state index contributed by atoms with van der Waals surface area (Å²) in [6.07, 6.45) is 1.82. The largest absolute Gasteiger partial charge is 0.480 e. The van der Waals surface area contributed by atoms with Crippen LogP contribution in [0.2, 0.25) is 0 Å². The van der Waals surface area contributed by atoms with Crippen LogP contribution in [-0.4, -0.2) is 66.3 Å². The van der Waals surface area contributed by atoms with Crippen LogP contribution in [0.15, 0.2) is 0 Å². The zero-order valence-electron chi connectivity index (χ0n) is 10.6. The maximum atomic E-state index is 11.9. The molecule has 3 N–H and O–H groups in total. The number of carboxylic acid groups (broad SMARTS) is 1. The van der Waals surface area contributed by atoms with Gasteiger partial charge in [-0.15, -0.1) is 0 Å². The standard InChI is InChI=1S/C10H18N2O6S/c1-19(17,18)12-5-2-3-8(12)9(14)11-7(4-6-13)10(15)16/h7-8,13H,2-6H2,1H3,(H,11,14)(H,15,16)/t7-,8?/m0/s1. The number of aliphatic hydroxyl groups is 1.